The van der Waals surface area contributed by atoms with E-state index >= 15 is 0 Å². The lowest BCUT2D eigenvalue weighted by Gasteiger charge is -2.03. The van der Waals surface area contributed by atoms with Gasteiger partial charge < -0.3 is 14.1 Å². The fraction of sp³-hybridized carbons (Fsp3) is 0.167. The average Bonchev–Trinajstić information content (AvgIpc) is 2.97. The highest BCUT2D eigenvalue weighted by atomic mass is 16.4. The summed E-state index contributed by atoms with van der Waals surface area (Å²) in [4.78, 5) is 21.4. The zero-order chi connectivity index (χ0) is 16.8. The summed E-state index contributed by atoms with van der Waals surface area (Å²) in [6.07, 6.45) is 3.72. The zero-order valence-electron chi connectivity index (χ0n) is 13.6. The summed E-state index contributed by atoms with van der Waals surface area (Å²) in [5.41, 5.74) is 4.52. The molecule has 0 fully saturated rings. The Hall–Kier alpha value is -3.15. The maximum atomic E-state index is 12.4. The number of nitrogens with zero attached hydrogens (tertiary/aromatic N) is 3. The van der Waals surface area contributed by atoms with Crippen molar-refractivity contribution in [3.8, 4) is 11.3 Å². The zero-order valence-corrected chi connectivity index (χ0v) is 13.6. The molecule has 0 saturated carbocycles. The SMILES string of the molecule is CNc1ccc2cc(-c3cn4cc(C)nc(C)c4n3)c(=O)oc2c1. The third kappa shape index (κ3) is 2.23. The van der Waals surface area contributed by atoms with Crippen LogP contribution in [0.4, 0.5) is 5.69 Å². The first-order chi connectivity index (χ1) is 11.5. The summed E-state index contributed by atoms with van der Waals surface area (Å²) < 4.78 is 7.37. The molecule has 0 atom stereocenters. The van der Waals surface area contributed by atoms with Crippen molar-refractivity contribution in [2.24, 2.45) is 0 Å². The number of aryl methyl sites for hydroxylation is 2. The molecule has 3 aromatic heterocycles. The van der Waals surface area contributed by atoms with Crippen molar-refractivity contribution in [3.63, 3.8) is 0 Å². The lowest BCUT2D eigenvalue weighted by atomic mass is 10.1. The molecular formula is C18H16N4O2. The second-order valence-electron chi connectivity index (χ2n) is 5.77. The second-order valence-corrected chi connectivity index (χ2v) is 5.77. The van der Waals surface area contributed by atoms with Crippen LogP contribution in [0.15, 0.2) is 45.9 Å². The third-order valence-electron chi connectivity index (χ3n) is 4.03. The first-order valence-corrected chi connectivity index (χ1v) is 7.64. The molecule has 1 aromatic carbocycles. The molecule has 6 heteroatoms. The summed E-state index contributed by atoms with van der Waals surface area (Å²) in [6.45, 7) is 3.83. The number of imidazole rings is 1. The van der Waals surface area contributed by atoms with E-state index in [1.165, 1.54) is 0 Å². The van der Waals surface area contributed by atoms with E-state index in [0.29, 0.717) is 16.8 Å². The van der Waals surface area contributed by atoms with Gasteiger partial charge in [-0.2, -0.15) is 0 Å². The molecule has 0 spiro atoms. The van der Waals surface area contributed by atoms with Gasteiger partial charge in [-0.3, -0.25) is 4.98 Å². The lowest BCUT2D eigenvalue weighted by molar-refractivity contribution is 0.563. The Labute approximate surface area is 137 Å². The highest BCUT2D eigenvalue weighted by Gasteiger charge is 2.13. The van der Waals surface area contributed by atoms with Gasteiger partial charge in [-0.05, 0) is 32.0 Å². The van der Waals surface area contributed by atoms with Crippen LogP contribution in [0.25, 0.3) is 27.9 Å². The Morgan fingerprint density at radius 1 is 1.12 bits per heavy atom. The van der Waals surface area contributed by atoms with Crippen LogP contribution in [-0.2, 0) is 0 Å². The minimum absolute atomic E-state index is 0.401. The molecule has 0 unspecified atom stereocenters. The van der Waals surface area contributed by atoms with Gasteiger partial charge in [-0.1, -0.05) is 0 Å². The Morgan fingerprint density at radius 2 is 1.96 bits per heavy atom. The number of aromatic nitrogens is 3. The lowest BCUT2D eigenvalue weighted by Crippen LogP contribution is -2.03. The van der Waals surface area contributed by atoms with Gasteiger partial charge in [0.1, 0.15) is 5.58 Å². The summed E-state index contributed by atoms with van der Waals surface area (Å²) in [7, 11) is 1.82. The maximum Gasteiger partial charge on any atom is 0.345 e. The monoisotopic (exact) mass is 320 g/mol. The third-order valence-corrected chi connectivity index (χ3v) is 4.03. The average molecular weight is 320 g/mol. The summed E-state index contributed by atoms with van der Waals surface area (Å²) in [6, 6.07) is 7.48. The topological polar surface area (TPSA) is 72.4 Å². The van der Waals surface area contributed by atoms with Gasteiger partial charge in [0.25, 0.3) is 0 Å². The Balaban J connectivity index is 1.94. The molecule has 0 aliphatic carbocycles. The molecule has 4 rings (SSSR count). The molecule has 0 aliphatic rings. The van der Waals surface area contributed by atoms with Crippen molar-refractivity contribution >= 4 is 22.3 Å². The van der Waals surface area contributed by atoms with Gasteiger partial charge in [-0.15, -0.1) is 0 Å². The second kappa shape index (κ2) is 5.19. The highest BCUT2D eigenvalue weighted by molar-refractivity contribution is 5.84. The van der Waals surface area contributed by atoms with Crippen LogP contribution in [0.5, 0.6) is 0 Å². The Kier molecular flexibility index (Phi) is 3.13. The van der Waals surface area contributed by atoms with Crippen LogP contribution in [0.3, 0.4) is 0 Å². The largest absolute Gasteiger partial charge is 0.422 e. The number of benzene rings is 1. The molecule has 0 radical (unpaired) electrons. The van der Waals surface area contributed by atoms with E-state index in [0.717, 1.165) is 28.1 Å². The van der Waals surface area contributed by atoms with Gasteiger partial charge in [0.05, 0.1) is 22.6 Å². The quantitative estimate of drug-likeness (QED) is 0.574. The van der Waals surface area contributed by atoms with E-state index in [-0.39, 0.29) is 0 Å². The van der Waals surface area contributed by atoms with Crippen LogP contribution in [0.2, 0.25) is 0 Å². The minimum atomic E-state index is -0.401. The number of hydrogen-bond donors (Lipinski definition) is 1. The summed E-state index contributed by atoms with van der Waals surface area (Å²) >= 11 is 0. The van der Waals surface area contributed by atoms with Crippen molar-refractivity contribution in [1.82, 2.24) is 14.4 Å². The van der Waals surface area contributed by atoms with E-state index in [1.807, 2.05) is 62.0 Å². The van der Waals surface area contributed by atoms with E-state index < -0.39 is 5.63 Å². The Bertz CT molecular complexity index is 1140. The minimum Gasteiger partial charge on any atom is -0.422 e. The molecular weight excluding hydrogens is 304 g/mol. The molecule has 0 bridgehead atoms. The smallest absolute Gasteiger partial charge is 0.345 e. The molecule has 24 heavy (non-hydrogen) atoms. The summed E-state index contributed by atoms with van der Waals surface area (Å²) in [5, 5.41) is 3.88. The molecule has 0 aliphatic heterocycles. The van der Waals surface area contributed by atoms with Crippen molar-refractivity contribution in [2.45, 2.75) is 13.8 Å². The molecule has 1 N–H and O–H groups in total. The summed E-state index contributed by atoms with van der Waals surface area (Å²) in [5.74, 6) is 0. The molecule has 0 amide bonds. The number of rotatable bonds is 2. The maximum absolute atomic E-state index is 12.4. The van der Waals surface area contributed by atoms with E-state index in [2.05, 4.69) is 15.3 Å². The standard InChI is InChI=1S/C18H16N4O2/c1-10-8-22-9-15(21-17(22)11(2)20-10)14-6-12-4-5-13(19-3)7-16(12)24-18(14)23/h4-9,19H,1-3H3. The van der Waals surface area contributed by atoms with Crippen molar-refractivity contribution in [3.05, 3.63) is 58.5 Å². The fourth-order valence-corrected chi connectivity index (χ4v) is 2.88. The van der Waals surface area contributed by atoms with Crippen molar-refractivity contribution in [1.29, 1.82) is 0 Å². The van der Waals surface area contributed by atoms with Gasteiger partial charge in [0.15, 0.2) is 5.65 Å². The van der Waals surface area contributed by atoms with Crippen LogP contribution >= 0.6 is 0 Å². The number of nitrogens with one attached hydrogen (secondary N) is 1. The van der Waals surface area contributed by atoms with Gasteiger partial charge in [0.2, 0.25) is 0 Å². The van der Waals surface area contributed by atoms with Crippen molar-refractivity contribution < 1.29 is 4.42 Å². The van der Waals surface area contributed by atoms with Gasteiger partial charge in [0, 0.05) is 36.6 Å². The Morgan fingerprint density at radius 3 is 2.75 bits per heavy atom. The first-order valence-electron chi connectivity index (χ1n) is 7.64. The van der Waals surface area contributed by atoms with E-state index in [4.69, 9.17) is 4.42 Å². The van der Waals surface area contributed by atoms with E-state index in [9.17, 15) is 4.79 Å². The molecule has 6 nitrogen and oxygen atoms in total. The highest BCUT2D eigenvalue weighted by Crippen LogP contribution is 2.23. The van der Waals surface area contributed by atoms with Gasteiger partial charge >= 0.3 is 5.63 Å². The normalized spacial score (nSPS) is 11.3. The molecule has 0 saturated heterocycles. The van der Waals surface area contributed by atoms with Crippen molar-refractivity contribution in [2.75, 3.05) is 12.4 Å². The first kappa shape index (κ1) is 14.4. The number of fused-ring (bicyclic) bond motifs is 2. The van der Waals surface area contributed by atoms with Crippen LogP contribution in [0.1, 0.15) is 11.4 Å². The number of anilines is 1. The molecule has 120 valence electrons. The molecule has 4 aromatic rings. The van der Waals surface area contributed by atoms with Crippen LogP contribution < -0.4 is 10.9 Å². The predicted molar refractivity (Wildman–Crippen MR) is 93.5 cm³/mol. The fourth-order valence-electron chi connectivity index (χ4n) is 2.88. The number of hydrogen-bond acceptors (Lipinski definition) is 5. The van der Waals surface area contributed by atoms with Gasteiger partial charge in [-0.25, -0.2) is 9.78 Å². The molecule has 3 heterocycles. The van der Waals surface area contributed by atoms with Crippen LogP contribution in [0, 0.1) is 13.8 Å². The van der Waals surface area contributed by atoms with Crippen LogP contribution in [-0.4, -0.2) is 21.4 Å². The predicted octanol–water partition coefficient (Wildman–Crippen LogP) is 3.16. The van der Waals surface area contributed by atoms with E-state index in [1.54, 1.807) is 0 Å².